The van der Waals surface area contributed by atoms with E-state index in [1.165, 1.54) is 17.8 Å². The minimum absolute atomic E-state index is 0.0126. The molecule has 1 aromatic heterocycles. The number of H-pyrrole nitrogens is 1. The van der Waals surface area contributed by atoms with Crippen LogP contribution in [0.15, 0.2) is 41.3 Å². The van der Waals surface area contributed by atoms with Gasteiger partial charge in [0.15, 0.2) is 0 Å². The Kier molecular flexibility index (Phi) is 5.82. The summed E-state index contributed by atoms with van der Waals surface area (Å²) in [5.74, 6) is -0.244. The van der Waals surface area contributed by atoms with Crippen LogP contribution in [0.4, 0.5) is 5.69 Å². The topological polar surface area (TPSA) is 65.2 Å². The van der Waals surface area contributed by atoms with Gasteiger partial charge < -0.3 is 15.2 Å². The van der Waals surface area contributed by atoms with Gasteiger partial charge in [-0.05, 0) is 36.6 Å². The average Bonchev–Trinajstić information content (AvgIpc) is 2.54. The molecule has 6 heteroatoms. The quantitative estimate of drug-likeness (QED) is 0.798. The summed E-state index contributed by atoms with van der Waals surface area (Å²) >= 11 is 5.71. The number of nitrogens with zero attached hydrogens (tertiary/aromatic N) is 1. The summed E-state index contributed by atoms with van der Waals surface area (Å²) in [5.41, 5.74) is 2.35. The first-order valence-corrected chi connectivity index (χ1v) is 7.78. The number of halogens is 1. The molecule has 122 valence electrons. The summed E-state index contributed by atoms with van der Waals surface area (Å²) in [6.45, 7) is 0.561. The summed E-state index contributed by atoms with van der Waals surface area (Å²) < 4.78 is 0. The second kappa shape index (κ2) is 7.83. The molecule has 1 heterocycles. The Hall–Kier alpha value is -2.27. The van der Waals surface area contributed by atoms with Crippen LogP contribution >= 0.6 is 11.6 Å². The fourth-order valence-electron chi connectivity index (χ4n) is 2.14. The molecule has 0 radical (unpaired) electrons. The van der Waals surface area contributed by atoms with Crippen molar-refractivity contribution in [3.05, 3.63) is 63.0 Å². The van der Waals surface area contributed by atoms with E-state index in [-0.39, 0.29) is 10.9 Å². The maximum atomic E-state index is 11.9. The van der Waals surface area contributed by atoms with Gasteiger partial charge in [0, 0.05) is 32.5 Å². The molecule has 5 nitrogen and oxygen atoms in total. The molecular weight excluding hydrogens is 314 g/mol. The lowest BCUT2D eigenvalue weighted by Crippen LogP contribution is -2.25. The van der Waals surface area contributed by atoms with E-state index in [0.717, 1.165) is 18.5 Å². The number of anilines is 1. The van der Waals surface area contributed by atoms with Crippen molar-refractivity contribution in [1.29, 1.82) is 0 Å². The van der Waals surface area contributed by atoms with Crippen molar-refractivity contribution >= 4 is 23.2 Å². The van der Waals surface area contributed by atoms with Gasteiger partial charge in [0.1, 0.15) is 5.02 Å². The average molecular weight is 334 g/mol. The van der Waals surface area contributed by atoms with Gasteiger partial charge in [-0.1, -0.05) is 23.7 Å². The van der Waals surface area contributed by atoms with Gasteiger partial charge in [0.25, 0.3) is 11.5 Å². The predicted octanol–water partition coefficient (Wildman–Crippen LogP) is 2.46. The normalized spacial score (nSPS) is 10.4. The Morgan fingerprint density at radius 3 is 2.57 bits per heavy atom. The third kappa shape index (κ3) is 4.86. The van der Waals surface area contributed by atoms with E-state index in [2.05, 4.69) is 39.5 Å². The van der Waals surface area contributed by atoms with Crippen LogP contribution in [0.5, 0.6) is 0 Å². The van der Waals surface area contributed by atoms with E-state index in [1.54, 1.807) is 0 Å². The maximum Gasteiger partial charge on any atom is 0.266 e. The van der Waals surface area contributed by atoms with E-state index in [1.807, 2.05) is 14.1 Å². The van der Waals surface area contributed by atoms with Crippen molar-refractivity contribution in [2.75, 3.05) is 25.5 Å². The lowest BCUT2D eigenvalue weighted by atomic mass is 10.1. The first-order valence-electron chi connectivity index (χ1n) is 7.40. The third-order valence-corrected chi connectivity index (χ3v) is 3.78. The largest absolute Gasteiger partial charge is 0.378 e. The van der Waals surface area contributed by atoms with Gasteiger partial charge in [-0.15, -0.1) is 0 Å². The number of benzene rings is 1. The molecule has 2 rings (SSSR count). The lowest BCUT2D eigenvalue weighted by Gasteiger charge is -2.12. The van der Waals surface area contributed by atoms with Crippen LogP contribution in [0.1, 0.15) is 22.3 Å². The standard InChI is InChI=1S/C17H20ClN3O2/c1-21(2)14-7-5-12(6-8-14)4-3-9-19-16(22)13-10-15(18)17(23)20-11-13/h5-8,10-11H,3-4,9H2,1-2H3,(H,19,22)(H,20,23). The van der Waals surface area contributed by atoms with Crippen molar-refractivity contribution in [2.45, 2.75) is 12.8 Å². The van der Waals surface area contributed by atoms with E-state index < -0.39 is 5.56 Å². The minimum Gasteiger partial charge on any atom is -0.378 e. The lowest BCUT2D eigenvalue weighted by molar-refractivity contribution is 0.0953. The van der Waals surface area contributed by atoms with E-state index in [9.17, 15) is 9.59 Å². The van der Waals surface area contributed by atoms with Crippen LogP contribution in [0.2, 0.25) is 5.02 Å². The Morgan fingerprint density at radius 1 is 1.26 bits per heavy atom. The molecule has 2 aromatic rings. The monoisotopic (exact) mass is 333 g/mol. The molecule has 0 unspecified atom stereocenters. The highest BCUT2D eigenvalue weighted by Crippen LogP contribution is 2.13. The summed E-state index contributed by atoms with van der Waals surface area (Å²) in [7, 11) is 4.02. The van der Waals surface area contributed by atoms with Crippen LogP contribution in [-0.4, -0.2) is 31.5 Å². The predicted molar refractivity (Wildman–Crippen MR) is 93.5 cm³/mol. The second-order valence-electron chi connectivity index (χ2n) is 5.49. The van der Waals surface area contributed by atoms with E-state index >= 15 is 0 Å². The number of carbonyl (C=O) groups excluding carboxylic acids is 1. The second-order valence-corrected chi connectivity index (χ2v) is 5.89. The summed E-state index contributed by atoms with van der Waals surface area (Å²) in [4.78, 5) is 27.6. The zero-order valence-electron chi connectivity index (χ0n) is 13.2. The van der Waals surface area contributed by atoms with Gasteiger partial charge >= 0.3 is 0 Å². The fraction of sp³-hybridized carbons (Fsp3) is 0.294. The number of aromatic amines is 1. The zero-order chi connectivity index (χ0) is 16.8. The molecule has 0 fully saturated rings. The highest BCUT2D eigenvalue weighted by molar-refractivity contribution is 6.30. The fourth-order valence-corrected chi connectivity index (χ4v) is 2.32. The number of aromatic nitrogens is 1. The number of aryl methyl sites for hydroxylation is 1. The van der Waals surface area contributed by atoms with E-state index in [4.69, 9.17) is 11.6 Å². The number of hydrogen-bond acceptors (Lipinski definition) is 3. The number of pyridine rings is 1. The van der Waals surface area contributed by atoms with Crippen molar-refractivity contribution in [2.24, 2.45) is 0 Å². The Morgan fingerprint density at radius 2 is 1.96 bits per heavy atom. The molecule has 0 saturated carbocycles. The molecule has 0 bridgehead atoms. The highest BCUT2D eigenvalue weighted by Gasteiger charge is 2.07. The van der Waals surface area contributed by atoms with Crippen LogP contribution in [-0.2, 0) is 6.42 Å². The Labute approximate surface area is 140 Å². The number of nitrogens with one attached hydrogen (secondary N) is 2. The number of hydrogen-bond donors (Lipinski definition) is 2. The molecule has 0 atom stereocenters. The smallest absolute Gasteiger partial charge is 0.266 e. The van der Waals surface area contributed by atoms with Gasteiger partial charge in [-0.2, -0.15) is 0 Å². The van der Waals surface area contributed by atoms with Crippen molar-refractivity contribution in [3.8, 4) is 0 Å². The summed E-state index contributed by atoms with van der Waals surface area (Å²) in [5, 5.41) is 2.83. The third-order valence-electron chi connectivity index (χ3n) is 3.50. The molecule has 0 spiro atoms. The molecule has 0 aliphatic rings. The van der Waals surface area contributed by atoms with Gasteiger partial charge in [-0.3, -0.25) is 9.59 Å². The van der Waals surface area contributed by atoms with Crippen molar-refractivity contribution < 1.29 is 4.79 Å². The molecule has 0 aliphatic heterocycles. The number of carbonyl (C=O) groups is 1. The molecule has 0 saturated heterocycles. The zero-order valence-corrected chi connectivity index (χ0v) is 14.0. The summed E-state index contributed by atoms with van der Waals surface area (Å²) in [6.07, 6.45) is 3.09. The molecule has 1 aromatic carbocycles. The SMILES string of the molecule is CN(C)c1ccc(CCCNC(=O)c2c[nH]c(=O)c(Cl)c2)cc1. The Bertz CT molecular complexity index is 723. The first kappa shape index (κ1) is 17.1. The molecule has 23 heavy (non-hydrogen) atoms. The number of rotatable bonds is 6. The molecular formula is C17H20ClN3O2. The maximum absolute atomic E-state index is 11.9. The Balaban J connectivity index is 1.79. The van der Waals surface area contributed by atoms with Crippen LogP contribution in [0, 0.1) is 0 Å². The number of amides is 1. The summed E-state index contributed by atoms with van der Waals surface area (Å²) in [6, 6.07) is 9.72. The van der Waals surface area contributed by atoms with Gasteiger partial charge in [0.05, 0.1) is 5.56 Å². The molecule has 2 N–H and O–H groups in total. The van der Waals surface area contributed by atoms with Crippen LogP contribution < -0.4 is 15.8 Å². The molecule has 0 aliphatic carbocycles. The van der Waals surface area contributed by atoms with Crippen LogP contribution in [0.3, 0.4) is 0 Å². The minimum atomic E-state index is -0.399. The molecule has 1 amide bonds. The van der Waals surface area contributed by atoms with Crippen molar-refractivity contribution in [1.82, 2.24) is 10.3 Å². The highest BCUT2D eigenvalue weighted by atomic mass is 35.5. The van der Waals surface area contributed by atoms with E-state index in [0.29, 0.717) is 12.1 Å². The van der Waals surface area contributed by atoms with Gasteiger partial charge in [-0.25, -0.2) is 0 Å². The van der Waals surface area contributed by atoms with Crippen LogP contribution in [0.25, 0.3) is 0 Å². The van der Waals surface area contributed by atoms with Gasteiger partial charge in [0.2, 0.25) is 0 Å². The first-order chi connectivity index (χ1) is 11.0. The van der Waals surface area contributed by atoms with Crippen molar-refractivity contribution in [3.63, 3.8) is 0 Å².